The minimum absolute atomic E-state index is 0.0727. The van der Waals surface area contributed by atoms with Gasteiger partial charge in [0.05, 0.1) is 0 Å². The number of piperidine rings is 1. The summed E-state index contributed by atoms with van der Waals surface area (Å²) in [5.41, 5.74) is 0.525. The first-order chi connectivity index (χ1) is 11.3. The van der Waals surface area contributed by atoms with Crippen LogP contribution in [0.1, 0.15) is 23.3 Å². The van der Waals surface area contributed by atoms with Crippen LogP contribution in [0.4, 0.5) is 5.82 Å². The van der Waals surface area contributed by atoms with Crippen LogP contribution in [-0.4, -0.2) is 41.8 Å². The maximum atomic E-state index is 12.2. The highest BCUT2D eigenvalue weighted by molar-refractivity contribution is 8.00. The van der Waals surface area contributed by atoms with Gasteiger partial charge in [0, 0.05) is 31.2 Å². The van der Waals surface area contributed by atoms with Crippen molar-refractivity contribution in [3.8, 4) is 0 Å². The molecule has 1 atom stereocenters. The lowest BCUT2D eigenvalue weighted by molar-refractivity contribution is 0.0941. The molecular formula is C16H20N4OS2. The molecule has 0 aliphatic carbocycles. The van der Waals surface area contributed by atoms with E-state index in [1.807, 2.05) is 36.0 Å². The van der Waals surface area contributed by atoms with E-state index in [9.17, 15) is 4.79 Å². The summed E-state index contributed by atoms with van der Waals surface area (Å²) in [7, 11) is 0. The normalized spacial score (nSPS) is 18.0. The second-order valence-electron chi connectivity index (χ2n) is 5.56. The molecule has 1 saturated heterocycles. The van der Waals surface area contributed by atoms with Crippen molar-refractivity contribution in [3.63, 3.8) is 0 Å². The zero-order valence-electron chi connectivity index (χ0n) is 13.1. The Morgan fingerprint density at radius 3 is 3.17 bits per heavy atom. The average molecular weight is 348 g/mol. The van der Waals surface area contributed by atoms with Crippen molar-refractivity contribution in [2.45, 2.75) is 17.2 Å². The molecule has 0 radical (unpaired) electrons. The Morgan fingerprint density at radius 2 is 2.43 bits per heavy atom. The number of carbonyl (C=O) groups excluding carboxylic acids is 1. The molecule has 1 fully saturated rings. The summed E-state index contributed by atoms with van der Waals surface area (Å²) in [6.07, 6.45) is 6.06. The van der Waals surface area contributed by atoms with Crippen LogP contribution in [0.15, 0.2) is 34.1 Å². The van der Waals surface area contributed by atoms with Gasteiger partial charge in [0.15, 0.2) is 0 Å². The summed E-state index contributed by atoms with van der Waals surface area (Å²) in [6, 6.07) is 5.99. The highest BCUT2D eigenvalue weighted by Gasteiger charge is 2.21. The molecular weight excluding hydrogens is 328 g/mol. The molecule has 0 aromatic carbocycles. The smallest absolute Gasteiger partial charge is 0.270 e. The van der Waals surface area contributed by atoms with Crippen molar-refractivity contribution in [2.75, 3.05) is 30.8 Å². The molecule has 1 amide bonds. The maximum Gasteiger partial charge on any atom is 0.270 e. The molecule has 122 valence electrons. The number of anilines is 1. The first-order valence-corrected chi connectivity index (χ1v) is 9.80. The molecule has 3 rings (SSSR count). The lowest BCUT2D eigenvalue weighted by Crippen LogP contribution is -2.41. The summed E-state index contributed by atoms with van der Waals surface area (Å²) < 4.78 is 0.925. The molecule has 23 heavy (non-hydrogen) atoms. The molecule has 1 aliphatic rings. The van der Waals surface area contributed by atoms with Crippen LogP contribution in [0.3, 0.4) is 0 Å². The SMILES string of the molecule is CSc1nc(C(=O)NC[C@@H]2CCCN(c3ccccn3)C2)cs1. The molecule has 2 aromatic rings. The number of pyridine rings is 1. The third-order valence-corrected chi connectivity index (χ3v) is 5.80. The molecule has 0 spiro atoms. The van der Waals surface area contributed by atoms with Crippen LogP contribution in [0.25, 0.3) is 0 Å². The van der Waals surface area contributed by atoms with Crippen molar-refractivity contribution in [1.29, 1.82) is 0 Å². The number of hydrogen-bond acceptors (Lipinski definition) is 6. The van der Waals surface area contributed by atoms with Crippen molar-refractivity contribution < 1.29 is 4.79 Å². The number of rotatable bonds is 5. The number of carbonyl (C=O) groups is 1. The van der Waals surface area contributed by atoms with Gasteiger partial charge in [-0.05, 0) is 37.1 Å². The fourth-order valence-electron chi connectivity index (χ4n) is 2.76. The predicted octanol–water partition coefficient (Wildman–Crippen LogP) is 2.91. The number of thiazole rings is 1. The van der Waals surface area contributed by atoms with Gasteiger partial charge in [0.2, 0.25) is 0 Å². The lowest BCUT2D eigenvalue weighted by atomic mass is 9.98. The Morgan fingerprint density at radius 1 is 1.52 bits per heavy atom. The molecule has 0 unspecified atom stereocenters. The van der Waals surface area contributed by atoms with E-state index >= 15 is 0 Å². The van der Waals surface area contributed by atoms with Crippen LogP contribution >= 0.6 is 23.1 Å². The fourth-order valence-corrected chi connectivity index (χ4v) is 4.01. The molecule has 7 heteroatoms. The lowest BCUT2D eigenvalue weighted by Gasteiger charge is -2.33. The molecule has 2 aromatic heterocycles. The summed E-state index contributed by atoms with van der Waals surface area (Å²) >= 11 is 3.08. The molecule has 1 N–H and O–H groups in total. The number of hydrogen-bond donors (Lipinski definition) is 1. The summed E-state index contributed by atoms with van der Waals surface area (Å²) in [6.45, 7) is 2.66. The highest BCUT2D eigenvalue weighted by atomic mass is 32.2. The van der Waals surface area contributed by atoms with E-state index in [-0.39, 0.29) is 5.91 Å². The molecule has 3 heterocycles. The van der Waals surface area contributed by atoms with E-state index < -0.39 is 0 Å². The third-order valence-electron chi connectivity index (χ3n) is 3.93. The minimum Gasteiger partial charge on any atom is -0.356 e. The Balaban J connectivity index is 1.53. The van der Waals surface area contributed by atoms with E-state index in [1.54, 1.807) is 11.8 Å². The van der Waals surface area contributed by atoms with Crippen molar-refractivity contribution in [1.82, 2.24) is 15.3 Å². The quantitative estimate of drug-likeness (QED) is 0.842. The Labute approximate surface area is 144 Å². The van der Waals surface area contributed by atoms with Gasteiger partial charge in [0.25, 0.3) is 5.91 Å². The molecule has 5 nitrogen and oxygen atoms in total. The summed E-state index contributed by atoms with van der Waals surface area (Å²) in [4.78, 5) is 23.2. The van der Waals surface area contributed by atoms with Gasteiger partial charge in [-0.1, -0.05) is 17.8 Å². The predicted molar refractivity (Wildman–Crippen MR) is 95.4 cm³/mol. The summed E-state index contributed by atoms with van der Waals surface area (Å²) in [5.74, 6) is 1.40. The van der Waals surface area contributed by atoms with Crippen molar-refractivity contribution in [2.24, 2.45) is 5.92 Å². The van der Waals surface area contributed by atoms with E-state index in [0.29, 0.717) is 18.2 Å². The number of aromatic nitrogens is 2. The number of thioether (sulfide) groups is 1. The van der Waals surface area contributed by atoms with Gasteiger partial charge in [-0.25, -0.2) is 9.97 Å². The Bertz CT molecular complexity index is 647. The number of nitrogens with zero attached hydrogens (tertiary/aromatic N) is 3. The fraction of sp³-hybridized carbons (Fsp3) is 0.438. The Kier molecular flexibility index (Phi) is 5.51. The third kappa shape index (κ3) is 4.23. The standard InChI is InChI=1S/C16H20N4OS2/c1-22-16-19-13(11-23-16)15(21)18-9-12-5-4-8-20(10-12)14-6-2-3-7-17-14/h2-3,6-7,11-12H,4-5,8-10H2,1H3,(H,18,21)/t12-/m0/s1. The van der Waals surface area contributed by atoms with Crippen molar-refractivity contribution >= 4 is 34.8 Å². The minimum atomic E-state index is -0.0727. The van der Waals surface area contributed by atoms with Crippen LogP contribution in [-0.2, 0) is 0 Å². The van der Waals surface area contributed by atoms with Gasteiger partial charge < -0.3 is 10.2 Å². The second-order valence-corrected chi connectivity index (χ2v) is 7.47. The number of amides is 1. The first kappa shape index (κ1) is 16.3. The maximum absolute atomic E-state index is 12.2. The van der Waals surface area contributed by atoms with Gasteiger partial charge in [0.1, 0.15) is 15.9 Å². The van der Waals surface area contributed by atoms with E-state index in [4.69, 9.17) is 0 Å². The Hall–Kier alpha value is -1.60. The second kappa shape index (κ2) is 7.79. The van der Waals surface area contributed by atoms with E-state index in [1.165, 1.54) is 11.3 Å². The molecule has 0 saturated carbocycles. The van der Waals surface area contributed by atoms with Gasteiger partial charge in [-0.3, -0.25) is 4.79 Å². The highest BCUT2D eigenvalue weighted by Crippen LogP contribution is 2.22. The van der Waals surface area contributed by atoms with Crippen LogP contribution in [0, 0.1) is 5.92 Å². The van der Waals surface area contributed by atoms with Gasteiger partial charge in [-0.2, -0.15) is 0 Å². The monoisotopic (exact) mass is 348 g/mol. The topological polar surface area (TPSA) is 58.1 Å². The average Bonchev–Trinajstić information content (AvgIpc) is 3.10. The largest absolute Gasteiger partial charge is 0.356 e. The van der Waals surface area contributed by atoms with Crippen LogP contribution in [0.5, 0.6) is 0 Å². The van der Waals surface area contributed by atoms with E-state index in [2.05, 4.69) is 20.2 Å². The van der Waals surface area contributed by atoms with Gasteiger partial charge >= 0.3 is 0 Å². The molecule has 1 aliphatic heterocycles. The van der Waals surface area contributed by atoms with Crippen LogP contribution in [0.2, 0.25) is 0 Å². The number of nitrogens with one attached hydrogen (secondary N) is 1. The molecule has 0 bridgehead atoms. The van der Waals surface area contributed by atoms with E-state index in [0.717, 1.165) is 36.1 Å². The van der Waals surface area contributed by atoms with Crippen molar-refractivity contribution in [3.05, 3.63) is 35.5 Å². The summed E-state index contributed by atoms with van der Waals surface area (Å²) in [5, 5.41) is 4.85. The zero-order chi connectivity index (χ0) is 16.1. The zero-order valence-corrected chi connectivity index (χ0v) is 14.7. The van der Waals surface area contributed by atoms with Gasteiger partial charge in [-0.15, -0.1) is 11.3 Å². The van der Waals surface area contributed by atoms with Crippen LogP contribution < -0.4 is 10.2 Å². The first-order valence-electron chi connectivity index (χ1n) is 7.70.